The Morgan fingerprint density at radius 1 is 0.939 bits per heavy atom. The summed E-state index contributed by atoms with van der Waals surface area (Å²) in [7, 11) is 0. The lowest BCUT2D eigenvalue weighted by molar-refractivity contribution is 0.0953. The quantitative estimate of drug-likeness (QED) is 0.379. The van der Waals surface area contributed by atoms with E-state index in [4.69, 9.17) is 5.73 Å². The van der Waals surface area contributed by atoms with Gasteiger partial charge in [0, 0.05) is 44.0 Å². The van der Waals surface area contributed by atoms with Gasteiger partial charge in [0.2, 0.25) is 0 Å². The molecule has 172 valence electrons. The second-order valence-corrected chi connectivity index (χ2v) is 8.56. The summed E-state index contributed by atoms with van der Waals surface area (Å²) in [5, 5.41) is 12.3. The van der Waals surface area contributed by atoms with E-state index in [2.05, 4.69) is 46.3 Å². The number of piperazine rings is 1. The Bertz CT molecular complexity index is 1090. The number of nitrogen functional groups attached to an aromatic ring is 1. The number of aromatic hydroxyl groups is 1. The molecule has 4 rings (SSSR count). The standard InChI is InChI=1S/C27H32N4O2/c1-20-5-2-3-7-25(20)30-15-17-31(18-16-30)26-13-10-22(19-24(26)28)27(33)29-14-4-6-21-8-11-23(32)12-9-21/h2-3,5,7-13,19,32H,4,6,14-18,28H2,1H3,(H,29,33). The van der Waals surface area contributed by atoms with Gasteiger partial charge in [-0.1, -0.05) is 30.3 Å². The Morgan fingerprint density at radius 3 is 2.27 bits per heavy atom. The first-order chi connectivity index (χ1) is 16.0. The van der Waals surface area contributed by atoms with Crippen LogP contribution in [0.15, 0.2) is 66.7 Å². The van der Waals surface area contributed by atoms with Crippen molar-refractivity contribution in [2.45, 2.75) is 19.8 Å². The van der Waals surface area contributed by atoms with Crippen molar-refractivity contribution in [3.05, 3.63) is 83.4 Å². The minimum Gasteiger partial charge on any atom is -0.508 e. The third kappa shape index (κ3) is 5.58. The number of amides is 1. The highest BCUT2D eigenvalue weighted by Crippen LogP contribution is 2.27. The molecule has 0 unspecified atom stereocenters. The van der Waals surface area contributed by atoms with E-state index in [9.17, 15) is 9.90 Å². The van der Waals surface area contributed by atoms with Gasteiger partial charge in [-0.2, -0.15) is 0 Å². The zero-order valence-electron chi connectivity index (χ0n) is 19.1. The maximum atomic E-state index is 12.6. The van der Waals surface area contributed by atoms with Gasteiger partial charge in [-0.3, -0.25) is 4.79 Å². The topological polar surface area (TPSA) is 81.8 Å². The number of carbonyl (C=O) groups excluding carboxylic acids is 1. The normalized spacial score (nSPS) is 13.7. The number of rotatable bonds is 7. The number of hydrogen-bond acceptors (Lipinski definition) is 5. The van der Waals surface area contributed by atoms with E-state index >= 15 is 0 Å². The van der Waals surface area contributed by atoms with Crippen LogP contribution in [-0.2, 0) is 6.42 Å². The van der Waals surface area contributed by atoms with Crippen molar-refractivity contribution in [1.29, 1.82) is 0 Å². The summed E-state index contributed by atoms with van der Waals surface area (Å²) < 4.78 is 0. The van der Waals surface area contributed by atoms with Gasteiger partial charge in [-0.15, -0.1) is 0 Å². The van der Waals surface area contributed by atoms with Gasteiger partial charge in [0.05, 0.1) is 11.4 Å². The number of aryl methyl sites for hydroxylation is 2. The number of anilines is 3. The molecule has 3 aromatic carbocycles. The van der Waals surface area contributed by atoms with Crippen molar-refractivity contribution in [1.82, 2.24) is 5.32 Å². The summed E-state index contributed by atoms with van der Waals surface area (Å²) >= 11 is 0. The number of phenols is 1. The number of hydrogen-bond donors (Lipinski definition) is 3. The molecule has 1 fully saturated rings. The van der Waals surface area contributed by atoms with Crippen LogP contribution in [0.3, 0.4) is 0 Å². The van der Waals surface area contributed by atoms with Crippen molar-refractivity contribution >= 4 is 23.0 Å². The van der Waals surface area contributed by atoms with Crippen LogP contribution in [0.2, 0.25) is 0 Å². The zero-order valence-corrected chi connectivity index (χ0v) is 19.1. The average molecular weight is 445 g/mol. The van der Waals surface area contributed by atoms with Gasteiger partial charge < -0.3 is 26.0 Å². The number of para-hydroxylation sites is 1. The summed E-state index contributed by atoms with van der Waals surface area (Å²) in [6, 6.07) is 21.2. The fourth-order valence-electron chi connectivity index (χ4n) is 4.35. The van der Waals surface area contributed by atoms with Gasteiger partial charge in [0.15, 0.2) is 0 Å². The maximum absolute atomic E-state index is 12.6. The van der Waals surface area contributed by atoms with Crippen molar-refractivity contribution < 1.29 is 9.90 Å². The molecule has 6 nitrogen and oxygen atoms in total. The lowest BCUT2D eigenvalue weighted by atomic mass is 10.1. The maximum Gasteiger partial charge on any atom is 0.251 e. The lowest BCUT2D eigenvalue weighted by Gasteiger charge is -2.38. The van der Waals surface area contributed by atoms with E-state index in [0.717, 1.165) is 50.3 Å². The molecule has 6 heteroatoms. The fourth-order valence-corrected chi connectivity index (χ4v) is 4.35. The van der Waals surface area contributed by atoms with Crippen molar-refractivity contribution in [3.63, 3.8) is 0 Å². The van der Waals surface area contributed by atoms with E-state index in [0.29, 0.717) is 17.8 Å². The molecule has 3 aromatic rings. The minimum absolute atomic E-state index is 0.108. The Morgan fingerprint density at radius 2 is 1.61 bits per heavy atom. The Balaban J connectivity index is 1.28. The van der Waals surface area contributed by atoms with Crippen molar-refractivity contribution in [2.75, 3.05) is 48.3 Å². The van der Waals surface area contributed by atoms with Crippen LogP contribution in [0.1, 0.15) is 27.9 Å². The van der Waals surface area contributed by atoms with E-state index in [-0.39, 0.29) is 11.7 Å². The molecule has 0 bridgehead atoms. The smallest absolute Gasteiger partial charge is 0.251 e. The second-order valence-electron chi connectivity index (χ2n) is 8.56. The summed E-state index contributed by atoms with van der Waals surface area (Å²) in [6.07, 6.45) is 1.67. The van der Waals surface area contributed by atoms with Crippen LogP contribution in [0.25, 0.3) is 0 Å². The van der Waals surface area contributed by atoms with Gasteiger partial charge in [-0.25, -0.2) is 0 Å². The predicted molar refractivity (Wildman–Crippen MR) is 135 cm³/mol. The van der Waals surface area contributed by atoms with Crippen molar-refractivity contribution in [3.8, 4) is 5.75 Å². The molecule has 1 saturated heterocycles. The second kappa shape index (κ2) is 10.3. The molecule has 0 radical (unpaired) electrons. The van der Waals surface area contributed by atoms with Crippen LogP contribution in [-0.4, -0.2) is 43.7 Å². The largest absolute Gasteiger partial charge is 0.508 e. The van der Waals surface area contributed by atoms with Gasteiger partial charge >= 0.3 is 0 Å². The highest BCUT2D eigenvalue weighted by molar-refractivity contribution is 5.96. The molecule has 0 aliphatic carbocycles. The van der Waals surface area contributed by atoms with Crippen LogP contribution in [0.4, 0.5) is 17.1 Å². The summed E-state index contributed by atoms with van der Waals surface area (Å²) in [4.78, 5) is 17.3. The molecule has 4 N–H and O–H groups in total. The molecule has 0 spiro atoms. The van der Waals surface area contributed by atoms with Crippen LogP contribution < -0.4 is 20.9 Å². The summed E-state index contributed by atoms with van der Waals surface area (Å²) in [5.41, 5.74) is 12.3. The minimum atomic E-state index is -0.108. The summed E-state index contributed by atoms with van der Waals surface area (Å²) in [6.45, 7) is 6.39. The average Bonchev–Trinajstić information content (AvgIpc) is 2.83. The molecule has 33 heavy (non-hydrogen) atoms. The number of nitrogens with two attached hydrogens (primary N) is 1. The molecule has 1 amide bonds. The first-order valence-corrected chi connectivity index (χ1v) is 11.5. The molecular formula is C27H32N4O2. The summed E-state index contributed by atoms with van der Waals surface area (Å²) in [5.74, 6) is 0.157. The molecule has 1 heterocycles. The molecule has 1 aliphatic rings. The first kappa shape index (κ1) is 22.5. The van der Waals surface area contributed by atoms with Crippen LogP contribution in [0, 0.1) is 6.92 Å². The van der Waals surface area contributed by atoms with Gasteiger partial charge in [0.1, 0.15) is 5.75 Å². The third-order valence-corrected chi connectivity index (χ3v) is 6.23. The Kier molecular flexibility index (Phi) is 7.03. The predicted octanol–water partition coefficient (Wildman–Crippen LogP) is 3.97. The molecule has 1 aliphatic heterocycles. The number of phenolic OH excluding ortho intramolecular Hbond substituents is 1. The Hall–Kier alpha value is -3.67. The number of carbonyl (C=O) groups is 1. The molecule has 0 saturated carbocycles. The monoisotopic (exact) mass is 444 g/mol. The zero-order chi connectivity index (χ0) is 23.2. The lowest BCUT2D eigenvalue weighted by Crippen LogP contribution is -2.47. The fraction of sp³-hybridized carbons (Fsp3) is 0.296. The molecular weight excluding hydrogens is 412 g/mol. The van der Waals surface area contributed by atoms with Gasteiger partial charge in [-0.05, 0) is 67.3 Å². The van der Waals surface area contributed by atoms with Gasteiger partial charge in [0.25, 0.3) is 5.91 Å². The number of nitrogens with one attached hydrogen (secondary N) is 1. The number of benzene rings is 3. The highest BCUT2D eigenvalue weighted by Gasteiger charge is 2.20. The van der Waals surface area contributed by atoms with E-state index < -0.39 is 0 Å². The van der Waals surface area contributed by atoms with Crippen molar-refractivity contribution in [2.24, 2.45) is 0 Å². The highest BCUT2D eigenvalue weighted by atomic mass is 16.3. The van der Waals surface area contributed by atoms with Crippen LogP contribution >= 0.6 is 0 Å². The number of nitrogens with zero attached hydrogens (tertiary/aromatic N) is 2. The molecule has 0 atom stereocenters. The van der Waals surface area contributed by atoms with E-state index in [1.807, 2.05) is 24.3 Å². The molecule has 0 aromatic heterocycles. The van der Waals surface area contributed by atoms with Crippen LogP contribution in [0.5, 0.6) is 5.75 Å². The first-order valence-electron chi connectivity index (χ1n) is 11.5. The Labute approximate surface area is 195 Å². The van der Waals surface area contributed by atoms with E-state index in [1.54, 1.807) is 18.2 Å². The SMILES string of the molecule is Cc1ccccc1N1CCN(c2ccc(C(=O)NCCCc3ccc(O)cc3)cc2N)CC1. The third-order valence-electron chi connectivity index (χ3n) is 6.23. The van der Waals surface area contributed by atoms with E-state index in [1.165, 1.54) is 11.3 Å².